The number of para-hydroxylation sites is 3. The van der Waals surface area contributed by atoms with Crippen LogP contribution in [0.25, 0.3) is 188 Å². The zero-order chi connectivity index (χ0) is 58.7. The smallest absolute Gasteiger partial charge is 0.235 e. The van der Waals surface area contributed by atoms with Crippen molar-refractivity contribution in [3.63, 3.8) is 0 Å². The molecule has 13 aromatic carbocycles. The molecule has 0 N–H and O–H groups in total. The molecule has 7 aromatic heterocycles. The Kier molecular flexibility index (Phi) is 10.7. The lowest BCUT2D eigenvalue weighted by Crippen LogP contribution is -2.05. The summed E-state index contributed by atoms with van der Waals surface area (Å²) in [6.07, 6.45) is 0. The Labute approximate surface area is 527 Å². The second kappa shape index (κ2) is 19.2. The van der Waals surface area contributed by atoms with Gasteiger partial charge in [0, 0.05) is 105 Å². The van der Waals surface area contributed by atoms with Crippen LogP contribution in [-0.2, 0) is 0 Å². The first-order valence-electron chi connectivity index (χ1n) is 30.4. The average Bonchev–Trinajstić information content (AvgIpc) is 1.55. The van der Waals surface area contributed by atoms with Crippen molar-refractivity contribution < 1.29 is 0 Å². The molecule has 418 valence electrons. The van der Waals surface area contributed by atoms with E-state index in [0.717, 1.165) is 66.7 Å². The SMILES string of the molecule is c1ccc(-c2ccc3c(c2)c2cc(-c4ccc5sc6c(-n7c8ccccc8c8ccc9c%10ccccc%10n(-c%10nc(-c%11ccc%12sc%13ccccc%13c%12c%11)cc(-c%11ccc%12sc%13ccccc%13c%12c%11)n%10)c9c87)cccc6c5c4)ccc2n3-c2ccccc2)cc1. The van der Waals surface area contributed by atoms with Gasteiger partial charge < -0.3 is 9.13 Å². The standard InChI is InChI=1S/C82H47N5S3/c1-3-16-48(17-4-1)49-30-37-71-62(42-49)63-43-50(31-38-72(63)85(71)54-18-5-2-6-19-54)51-32-39-78-66(44-51)61-24-15-27-73(81(61)90-78)86-69-25-11-7-20-55(69)59-35-36-60-56-21-8-12-26-70(56)87(80(60)79(59)86)82-83-67(52-33-40-76-64(45-52)57-22-9-13-28-74(57)88-76)47-68(84-82)53-34-41-77-65(46-53)58-23-10-14-29-75(58)89-77/h1-47H. The van der Waals surface area contributed by atoms with Crippen LogP contribution in [0.5, 0.6) is 0 Å². The van der Waals surface area contributed by atoms with Crippen LogP contribution in [-0.4, -0.2) is 23.7 Å². The van der Waals surface area contributed by atoms with Crippen LogP contribution in [0.3, 0.4) is 0 Å². The molecule has 0 fully saturated rings. The second-order valence-corrected chi connectivity index (χ2v) is 26.8. The van der Waals surface area contributed by atoms with Crippen molar-refractivity contribution in [2.24, 2.45) is 0 Å². The Balaban J connectivity index is 0.805. The van der Waals surface area contributed by atoms with Crippen molar-refractivity contribution in [2.75, 3.05) is 0 Å². The van der Waals surface area contributed by atoms with Gasteiger partial charge in [-0.25, -0.2) is 9.97 Å². The predicted octanol–water partition coefficient (Wildman–Crippen LogP) is 23.5. The molecular weight excluding hydrogens is 1150 g/mol. The summed E-state index contributed by atoms with van der Waals surface area (Å²) in [6, 6.07) is 105. The largest absolute Gasteiger partial charge is 0.309 e. The number of hydrogen-bond acceptors (Lipinski definition) is 5. The zero-order valence-electron chi connectivity index (χ0n) is 48.1. The van der Waals surface area contributed by atoms with Crippen molar-refractivity contribution >= 4 is 160 Å². The van der Waals surface area contributed by atoms with E-state index in [2.05, 4.69) is 299 Å². The number of nitrogens with zero attached hydrogens (tertiary/aromatic N) is 5. The van der Waals surface area contributed by atoms with Crippen molar-refractivity contribution in [1.29, 1.82) is 0 Å². The van der Waals surface area contributed by atoms with E-state index in [-0.39, 0.29) is 0 Å². The molecule has 0 spiro atoms. The van der Waals surface area contributed by atoms with E-state index in [1.807, 2.05) is 34.0 Å². The highest BCUT2D eigenvalue weighted by atomic mass is 32.1. The van der Waals surface area contributed by atoms with Gasteiger partial charge in [-0.05, 0) is 131 Å². The number of aromatic nitrogens is 5. The summed E-state index contributed by atoms with van der Waals surface area (Å²) in [5.74, 6) is 0.621. The van der Waals surface area contributed by atoms with Gasteiger partial charge >= 0.3 is 0 Å². The number of benzene rings is 13. The van der Waals surface area contributed by atoms with Gasteiger partial charge in [-0.15, -0.1) is 34.0 Å². The highest BCUT2D eigenvalue weighted by Gasteiger charge is 2.26. The molecule has 0 aliphatic rings. The van der Waals surface area contributed by atoms with E-state index in [1.165, 1.54) is 115 Å². The molecule has 0 aliphatic carbocycles. The molecule has 20 rings (SSSR count). The molecule has 0 atom stereocenters. The minimum Gasteiger partial charge on any atom is -0.309 e. The maximum absolute atomic E-state index is 5.73. The summed E-state index contributed by atoms with van der Waals surface area (Å²) >= 11 is 5.55. The van der Waals surface area contributed by atoms with Gasteiger partial charge in [-0.2, -0.15) is 0 Å². The highest BCUT2D eigenvalue weighted by Crippen LogP contribution is 2.47. The Morgan fingerprint density at radius 2 is 0.656 bits per heavy atom. The summed E-state index contributed by atoms with van der Waals surface area (Å²) < 4.78 is 14.9. The van der Waals surface area contributed by atoms with Crippen molar-refractivity contribution in [3.8, 4) is 62.1 Å². The molecule has 0 amide bonds. The number of hydrogen-bond donors (Lipinski definition) is 0. The van der Waals surface area contributed by atoms with E-state index in [4.69, 9.17) is 9.97 Å². The number of rotatable bonds is 7. The Bertz CT molecular complexity index is 6280. The molecule has 20 aromatic rings. The Hall–Kier alpha value is -11.0. The van der Waals surface area contributed by atoms with Gasteiger partial charge in [0.2, 0.25) is 5.95 Å². The van der Waals surface area contributed by atoms with Crippen LogP contribution in [0, 0.1) is 0 Å². The molecular formula is C82H47N5S3. The van der Waals surface area contributed by atoms with Crippen LogP contribution in [0.15, 0.2) is 285 Å². The number of thiophene rings is 3. The minimum atomic E-state index is 0.621. The van der Waals surface area contributed by atoms with Gasteiger partial charge in [0.25, 0.3) is 0 Å². The molecule has 8 heteroatoms. The summed E-state index contributed by atoms with van der Waals surface area (Å²) in [5.41, 5.74) is 17.6. The van der Waals surface area contributed by atoms with Crippen LogP contribution < -0.4 is 0 Å². The molecule has 0 unspecified atom stereocenters. The predicted molar refractivity (Wildman–Crippen MR) is 385 cm³/mol. The van der Waals surface area contributed by atoms with Crippen LogP contribution in [0.1, 0.15) is 0 Å². The third-order valence-corrected chi connectivity index (χ3v) is 22.2. The number of fused-ring (bicyclic) bond motifs is 19. The quantitative estimate of drug-likeness (QED) is 0.160. The third-order valence-electron chi connectivity index (χ3n) is 18.7. The van der Waals surface area contributed by atoms with Gasteiger partial charge in [-0.3, -0.25) is 4.57 Å². The highest BCUT2D eigenvalue weighted by molar-refractivity contribution is 7.26. The average molecular weight is 1200 g/mol. The molecule has 0 radical (unpaired) electrons. The fraction of sp³-hybridized carbons (Fsp3) is 0. The first-order valence-corrected chi connectivity index (χ1v) is 32.9. The Morgan fingerprint density at radius 3 is 1.27 bits per heavy atom. The Morgan fingerprint density at radius 1 is 0.233 bits per heavy atom. The molecule has 0 bridgehead atoms. The molecule has 90 heavy (non-hydrogen) atoms. The lowest BCUT2D eigenvalue weighted by Gasteiger charge is -2.14. The topological polar surface area (TPSA) is 40.6 Å². The molecule has 0 saturated heterocycles. The maximum Gasteiger partial charge on any atom is 0.235 e. The normalized spacial score (nSPS) is 12.2. The van der Waals surface area contributed by atoms with Crippen molar-refractivity contribution in [2.45, 2.75) is 0 Å². The van der Waals surface area contributed by atoms with Crippen LogP contribution in [0.4, 0.5) is 0 Å². The zero-order valence-corrected chi connectivity index (χ0v) is 50.5. The van der Waals surface area contributed by atoms with E-state index in [1.54, 1.807) is 0 Å². The fourth-order valence-electron chi connectivity index (χ4n) is 14.6. The first-order chi connectivity index (χ1) is 44.6. The first kappa shape index (κ1) is 50.0. The summed E-state index contributed by atoms with van der Waals surface area (Å²) in [6.45, 7) is 0. The minimum absolute atomic E-state index is 0.621. The molecule has 7 heterocycles. The summed E-state index contributed by atoms with van der Waals surface area (Å²) in [7, 11) is 0. The van der Waals surface area contributed by atoms with Gasteiger partial charge in [0.05, 0.1) is 54.9 Å². The second-order valence-electron chi connectivity index (χ2n) is 23.6. The van der Waals surface area contributed by atoms with Crippen LogP contribution in [0.2, 0.25) is 0 Å². The fourth-order valence-corrected chi connectivity index (χ4v) is 17.9. The van der Waals surface area contributed by atoms with E-state index >= 15 is 0 Å². The van der Waals surface area contributed by atoms with Gasteiger partial charge in [-0.1, -0.05) is 176 Å². The van der Waals surface area contributed by atoms with Gasteiger partial charge in [0.15, 0.2) is 0 Å². The third kappa shape index (κ3) is 7.41. The summed E-state index contributed by atoms with van der Waals surface area (Å²) in [5, 5.41) is 14.6. The maximum atomic E-state index is 5.73. The van der Waals surface area contributed by atoms with Crippen molar-refractivity contribution in [3.05, 3.63) is 285 Å². The van der Waals surface area contributed by atoms with Gasteiger partial charge in [0.1, 0.15) is 0 Å². The van der Waals surface area contributed by atoms with E-state index in [0.29, 0.717) is 5.95 Å². The monoisotopic (exact) mass is 1200 g/mol. The van der Waals surface area contributed by atoms with E-state index in [9.17, 15) is 0 Å². The molecule has 5 nitrogen and oxygen atoms in total. The summed E-state index contributed by atoms with van der Waals surface area (Å²) in [4.78, 5) is 11.5. The van der Waals surface area contributed by atoms with Crippen LogP contribution >= 0.6 is 34.0 Å². The lowest BCUT2D eigenvalue weighted by molar-refractivity contribution is 0.995. The molecule has 0 aliphatic heterocycles. The van der Waals surface area contributed by atoms with Crippen molar-refractivity contribution in [1.82, 2.24) is 23.7 Å². The molecule has 0 saturated carbocycles. The lowest BCUT2D eigenvalue weighted by atomic mass is 9.99. The van der Waals surface area contributed by atoms with E-state index < -0.39 is 0 Å².